The van der Waals surface area contributed by atoms with Crippen LogP contribution in [0.25, 0.3) is 0 Å². The van der Waals surface area contributed by atoms with Crippen molar-refractivity contribution in [2.75, 3.05) is 0 Å². The van der Waals surface area contributed by atoms with Gasteiger partial charge in [0, 0.05) is 23.0 Å². The highest BCUT2D eigenvalue weighted by molar-refractivity contribution is 7.80. The quantitative estimate of drug-likeness (QED) is 0.527. The van der Waals surface area contributed by atoms with E-state index in [4.69, 9.17) is 40.2 Å². The van der Waals surface area contributed by atoms with Gasteiger partial charge in [0.25, 0.3) is 11.8 Å². The van der Waals surface area contributed by atoms with E-state index in [1.807, 2.05) is 0 Å². The second kappa shape index (κ2) is 9.33. The third kappa shape index (κ3) is 5.83. The molecule has 0 aliphatic rings. The third-order valence-electron chi connectivity index (χ3n) is 3.04. The lowest BCUT2D eigenvalue weighted by atomic mass is 10.3. The zero-order valence-electron chi connectivity index (χ0n) is 13.5. The predicted octanol–water partition coefficient (Wildman–Crippen LogP) is 2.49. The molecule has 10 heteroatoms. The van der Waals surface area contributed by atoms with Crippen LogP contribution in [0, 0.1) is 0 Å². The number of aromatic nitrogens is 1. The minimum atomic E-state index is -0.885. The lowest BCUT2D eigenvalue weighted by Gasteiger charge is -2.16. The third-order valence-corrected chi connectivity index (χ3v) is 3.77. The Kier molecular flexibility index (Phi) is 7.14. The van der Waals surface area contributed by atoms with Crippen LogP contribution in [-0.4, -0.2) is 28.0 Å². The van der Waals surface area contributed by atoms with Crippen LogP contribution in [0.2, 0.25) is 10.0 Å². The molecule has 1 aromatic carbocycles. The minimum Gasteiger partial charge on any atom is -0.479 e. The molecule has 1 heterocycles. The van der Waals surface area contributed by atoms with E-state index in [2.05, 4.69) is 21.2 Å². The first-order valence-electron chi connectivity index (χ1n) is 7.29. The minimum absolute atomic E-state index is 0.0879. The number of ether oxygens (including phenoxy) is 1. The molecule has 0 bridgehead atoms. The zero-order chi connectivity index (χ0) is 19.1. The molecule has 1 atom stereocenters. The summed E-state index contributed by atoms with van der Waals surface area (Å²) < 4.78 is 5.47. The van der Waals surface area contributed by atoms with E-state index < -0.39 is 17.9 Å². The molecule has 26 heavy (non-hydrogen) atoms. The SMILES string of the molecule is CC(Oc1ccc(Cl)cc1Cl)C(=O)NC(=S)NNC(=O)c1ccncc1. The molecule has 1 unspecified atom stereocenters. The number of amides is 2. The highest BCUT2D eigenvalue weighted by atomic mass is 35.5. The maximum Gasteiger partial charge on any atom is 0.269 e. The maximum atomic E-state index is 12.1. The van der Waals surface area contributed by atoms with E-state index in [-0.39, 0.29) is 10.1 Å². The van der Waals surface area contributed by atoms with Gasteiger partial charge >= 0.3 is 0 Å². The normalized spacial score (nSPS) is 11.2. The van der Waals surface area contributed by atoms with Crippen LogP contribution in [0.3, 0.4) is 0 Å². The molecule has 7 nitrogen and oxygen atoms in total. The van der Waals surface area contributed by atoms with Crippen LogP contribution in [0.5, 0.6) is 5.75 Å². The lowest BCUT2D eigenvalue weighted by Crippen LogP contribution is -2.51. The Bertz CT molecular complexity index is 820. The van der Waals surface area contributed by atoms with Gasteiger partial charge in [-0.3, -0.25) is 30.7 Å². The number of hydrogen-bond donors (Lipinski definition) is 3. The van der Waals surface area contributed by atoms with E-state index in [1.54, 1.807) is 12.1 Å². The van der Waals surface area contributed by atoms with Gasteiger partial charge in [-0.1, -0.05) is 23.2 Å². The Balaban J connectivity index is 1.82. The van der Waals surface area contributed by atoms with Crippen LogP contribution < -0.4 is 20.9 Å². The molecule has 0 saturated carbocycles. The number of nitrogens with zero attached hydrogens (tertiary/aromatic N) is 1. The topological polar surface area (TPSA) is 92.4 Å². The summed E-state index contributed by atoms with van der Waals surface area (Å²) in [5.74, 6) is -0.642. The summed E-state index contributed by atoms with van der Waals surface area (Å²) in [5, 5.41) is 3.04. The number of thiocarbonyl (C=S) groups is 1. The lowest BCUT2D eigenvalue weighted by molar-refractivity contribution is -0.125. The Morgan fingerprint density at radius 1 is 1.15 bits per heavy atom. The summed E-state index contributed by atoms with van der Waals surface area (Å²) >= 11 is 16.8. The number of hydrazine groups is 1. The average Bonchev–Trinajstić information content (AvgIpc) is 2.62. The Hall–Kier alpha value is -2.42. The van der Waals surface area contributed by atoms with E-state index in [1.165, 1.54) is 37.5 Å². The number of benzene rings is 1. The van der Waals surface area contributed by atoms with Crippen molar-refractivity contribution in [1.29, 1.82) is 0 Å². The van der Waals surface area contributed by atoms with Gasteiger partial charge in [0.2, 0.25) is 0 Å². The summed E-state index contributed by atoms with van der Waals surface area (Å²) in [6.45, 7) is 1.53. The van der Waals surface area contributed by atoms with Crippen molar-refractivity contribution >= 4 is 52.3 Å². The van der Waals surface area contributed by atoms with Gasteiger partial charge in [-0.25, -0.2) is 0 Å². The standard InChI is InChI=1S/C16H14Cl2N4O3S/c1-9(25-13-3-2-11(17)8-12(13)18)14(23)20-16(26)22-21-15(24)10-4-6-19-7-5-10/h2-9H,1H3,(H,21,24)(H2,20,22,23,26). The van der Waals surface area contributed by atoms with Gasteiger partial charge in [-0.05, 0) is 49.5 Å². The van der Waals surface area contributed by atoms with Crippen LogP contribution in [0.15, 0.2) is 42.7 Å². The maximum absolute atomic E-state index is 12.1. The summed E-state index contributed by atoms with van der Waals surface area (Å²) in [6.07, 6.45) is 2.08. The molecule has 0 radical (unpaired) electrons. The molecule has 0 saturated heterocycles. The fourth-order valence-electron chi connectivity index (χ4n) is 1.75. The van der Waals surface area contributed by atoms with E-state index in [9.17, 15) is 9.59 Å². The number of nitrogens with one attached hydrogen (secondary N) is 3. The fraction of sp³-hybridized carbons (Fsp3) is 0.125. The van der Waals surface area contributed by atoms with Crippen LogP contribution in [-0.2, 0) is 4.79 Å². The van der Waals surface area contributed by atoms with Gasteiger partial charge in [0.05, 0.1) is 5.02 Å². The Morgan fingerprint density at radius 2 is 1.85 bits per heavy atom. The van der Waals surface area contributed by atoms with Crippen LogP contribution in [0.4, 0.5) is 0 Å². The number of pyridine rings is 1. The molecule has 3 N–H and O–H groups in total. The van der Waals surface area contributed by atoms with Gasteiger partial charge < -0.3 is 4.74 Å². The van der Waals surface area contributed by atoms with Crippen molar-refractivity contribution in [2.45, 2.75) is 13.0 Å². The zero-order valence-corrected chi connectivity index (χ0v) is 15.8. The van der Waals surface area contributed by atoms with E-state index in [0.29, 0.717) is 16.3 Å². The molecule has 0 spiro atoms. The molecule has 2 rings (SSSR count). The second-order valence-electron chi connectivity index (χ2n) is 4.97. The number of halogens is 2. The smallest absolute Gasteiger partial charge is 0.269 e. The summed E-state index contributed by atoms with van der Waals surface area (Å²) in [7, 11) is 0. The molecular formula is C16H14Cl2N4O3S. The van der Waals surface area contributed by atoms with Gasteiger partial charge in [0.15, 0.2) is 11.2 Å². The summed E-state index contributed by atoms with van der Waals surface area (Å²) in [4.78, 5) is 27.8. The molecule has 1 aromatic heterocycles. The van der Waals surface area contributed by atoms with Crippen molar-refractivity contribution in [3.8, 4) is 5.75 Å². The highest BCUT2D eigenvalue weighted by Crippen LogP contribution is 2.28. The molecule has 0 fully saturated rings. The fourth-order valence-corrected chi connectivity index (χ4v) is 2.35. The van der Waals surface area contributed by atoms with Crippen molar-refractivity contribution in [2.24, 2.45) is 0 Å². The monoisotopic (exact) mass is 412 g/mol. The molecular weight excluding hydrogens is 399 g/mol. The van der Waals surface area contributed by atoms with E-state index in [0.717, 1.165) is 0 Å². The average molecular weight is 413 g/mol. The largest absolute Gasteiger partial charge is 0.479 e. The van der Waals surface area contributed by atoms with Gasteiger partial charge in [-0.15, -0.1) is 0 Å². The summed E-state index contributed by atoms with van der Waals surface area (Å²) in [6, 6.07) is 7.72. The highest BCUT2D eigenvalue weighted by Gasteiger charge is 2.17. The Morgan fingerprint density at radius 3 is 2.50 bits per heavy atom. The van der Waals surface area contributed by atoms with Crippen LogP contribution >= 0.6 is 35.4 Å². The molecule has 0 aliphatic carbocycles. The van der Waals surface area contributed by atoms with Crippen molar-refractivity contribution in [1.82, 2.24) is 21.2 Å². The first-order valence-corrected chi connectivity index (χ1v) is 8.46. The molecule has 0 aliphatic heterocycles. The summed E-state index contributed by atoms with van der Waals surface area (Å²) in [5.41, 5.74) is 5.17. The van der Waals surface area contributed by atoms with Crippen molar-refractivity contribution < 1.29 is 14.3 Å². The molecule has 2 amide bonds. The van der Waals surface area contributed by atoms with E-state index >= 15 is 0 Å². The molecule has 2 aromatic rings. The van der Waals surface area contributed by atoms with Crippen molar-refractivity contribution in [3.05, 3.63) is 58.3 Å². The predicted molar refractivity (Wildman–Crippen MR) is 102 cm³/mol. The number of hydrogen-bond acceptors (Lipinski definition) is 5. The van der Waals surface area contributed by atoms with Crippen molar-refractivity contribution in [3.63, 3.8) is 0 Å². The number of rotatable bonds is 4. The number of carbonyl (C=O) groups is 2. The molecule has 136 valence electrons. The Labute approximate surface area is 165 Å². The van der Waals surface area contributed by atoms with Gasteiger partial charge in [0.1, 0.15) is 5.75 Å². The first-order chi connectivity index (χ1) is 12.4. The second-order valence-corrected chi connectivity index (χ2v) is 6.22. The van der Waals surface area contributed by atoms with Crippen LogP contribution in [0.1, 0.15) is 17.3 Å². The first kappa shape index (κ1) is 19.9. The number of carbonyl (C=O) groups excluding carboxylic acids is 2. The van der Waals surface area contributed by atoms with Gasteiger partial charge in [-0.2, -0.15) is 0 Å².